The molecule has 142 valence electrons. The van der Waals surface area contributed by atoms with Gasteiger partial charge in [0.15, 0.2) is 6.61 Å². The zero-order valence-corrected chi connectivity index (χ0v) is 15.6. The van der Waals surface area contributed by atoms with E-state index in [-0.39, 0.29) is 24.3 Å². The molecule has 0 aliphatic heterocycles. The van der Waals surface area contributed by atoms with Gasteiger partial charge in [0.25, 0.3) is 11.8 Å². The van der Waals surface area contributed by atoms with Gasteiger partial charge in [-0.2, -0.15) is 0 Å². The lowest BCUT2D eigenvalue weighted by atomic mass is 10.2. The number of nitrogens with zero attached hydrogens (tertiary/aromatic N) is 1. The van der Waals surface area contributed by atoms with Crippen LogP contribution in [0, 0.1) is 0 Å². The highest BCUT2D eigenvalue weighted by Crippen LogP contribution is 2.17. The molecule has 2 N–H and O–H groups in total. The van der Waals surface area contributed by atoms with Crippen molar-refractivity contribution in [2.75, 3.05) is 31.3 Å². The molecule has 0 saturated carbocycles. The fraction of sp³-hybridized carbons (Fsp3) is 0.250. The van der Waals surface area contributed by atoms with Gasteiger partial charge in [0, 0.05) is 37.5 Å². The Morgan fingerprint density at radius 1 is 0.963 bits per heavy atom. The van der Waals surface area contributed by atoms with Crippen molar-refractivity contribution in [1.29, 1.82) is 0 Å². The van der Waals surface area contributed by atoms with Gasteiger partial charge in [0.05, 0.1) is 0 Å². The average molecular weight is 369 g/mol. The molecule has 7 nitrogen and oxygen atoms in total. The maximum Gasteiger partial charge on any atom is 0.259 e. The number of benzene rings is 2. The molecule has 3 amide bonds. The summed E-state index contributed by atoms with van der Waals surface area (Å²) in [5.74, 6) is -0.100. The van der Waals surface area contributed by atoms with Crippen LogP contribution >= 0.6 is 0 Å². The fourth-order valence-electron chi connectivity index (χ4n) is 2.09. The zero-order chi connectivity index (χ0) is 19.8. The average Bonchev–Trinajstić information content (AvgIpc) is 2.67. The van der Waals surface area contributed by atoms with E-state index in [9.17, 15) is 14.4 Å². The van der Waals surface area contributed by atoms with Gasteiger partial charge in [-0.25, -0.2) is 0 Å². The standard InChI is InChI=1S/C20H23N3O4/c1-4-18(24)21-15-8-10-16(11-9-15)22-20(26)14-6-5-7-17(12-14)27-13-19(25)23(2)3/h5-12H,4,13H2,1-3H3,(H,21,24)(H,22,26). The van der Waals surface area contributed by atoms with E-state index in [0.29, 0.717) is 29.1 Å². The Kier molecular flexibility index (Phi) is 6.93. The first kappa shape index (κ1) is 20.0. The molecule has 7 heteroatoms. The molecular formula is C20H23N3O4. The lowest BCUT2D eigenvalue weighted by molar-refractivity contribution is -0.130. The Labute approximate surface area is 158 Å². The summed E-state index contributed by atoms with van der Waals surface area (Å²) < 4.78 is 5.42. The second kappa shape index (κ2) is 9.38. The summed E-state index contributed by atoms with van der Waals surface area (Å²) in [4.78, 5) is 36.8. The third-order valence-electron chi connectivity index (χ3n) is 3.70. The second-order valence-electron chi connectivity index (χ2n) is 6.04. The molecule has 0 aromatic heterocycles. The summed E-state index contributed by atoms with van der Waals surface area (Å²) in [5.41, 5.74) is 1.68. The first-order valence-corrected chi connectivity index (χ1v) is 8.53. The molecule has 0 aliphatic rings. The maximum atomic E-state index is 12.4. The Morgan fingerprint density at radius 2 is 1.59 bits per heavy atom. The highest BCUT2D eigenvalue weighted by atomic mass is 16.5. The number of likely N-dealkylation sites (N-methyl/N-ethyl adjacent to an activating group) is 1. The van der Waals surface area contributed by atoms with Crippen LogP contribution in [0.3, 0.4) is 0 Å². The largest absolute Gasteiger partial charge is 0.484 e. The molecule has 0 atom stereocenters. The summed E-state index contributed by atoms with van der Waals surface area (Å²) >= 11 is 0. The van der Waals surface area contributed by atoms with Crippen molar-refractivity contribution < 1.29 is 19.1 Å². The van der Waals surface area contributed by atoms with Crippen LogP contribution in [0.2, 0.25) is 0 Å². The first-order valence-electron chi connectivity index (χ1n) is 8.53. The van der Waals surface area contributed by atoms with Crippen LogP contribution < -0.4 is 15.4 Å². The number of nitrogens with one attached hydrogen (secondary N) is 2. The van der Waals surface area contributed by atoms with Crippen LogP contribution in [0.4, 0.5) is 11.4 Å². The van der Waals surface area contributed by atoms with Crippen LogP contribution in [0.15, 0.2) is 48.5 Å². The third kappa shape index (κ3) is 6.14. The minimum atomic E-state index is -0.301. The highest BCUT2D eigenvalue weighted by molar-refractivity contribution is 6.04. The van der Waals surface area contributed by atoms with Gasteiger partial charge in [-0.3, -0.25) is 14.4 Å². The minimum absolute atomic E-state index is 0.0728. The molecule has 0 unspecified atom stereocenters. The maximum absolute atomic E-state index is 12.4. The molecule has 0 heterocycles. The van der Waals surface area contributed by atoms with Gasteiger partial charge in [-0.15, -0.1) is 0 Å². The molecule has 2 aromatic rings. The van der Waals surface area contributed by atoms with Gasteiger partial charge in [0.2, 0.25) is 5.91 Å². The van der Waals surface area contributed by atoms with Crippen molar-refractivity contribution >= 4 is 29.1 Å². The minimum Gasteiger partial charge on any atom is -0.484 e. The summed E-state index contributed by atoms with van der Waals surface area (Å²) in [7, 11) is 3.29. The van der Waals surface area contributed by atoms with Gasteiger partial charge >= 0.3 is 0 Å². The van der Waals surface area contributed by atoms with E-state index in [0.717, 1.165) is 0 Å². The second-order valence-corrected chi connectivity index (χ2v) is 6.04. The lowest BCUT2D eigenvalue weighted by Crippen LogP contribution is -2.27. The lowest BCUT2D eigenvalue weighted by Gasteiger charge is -2.12. The van der Waals surface area contributed by atoms with Crippen LogP contribution in [0.25, 0.3) is 0 Å². The predicted molar refractivity (Wildman–Crippen MR) is 104 cm³/mol. The summed E-state index contributed by atoms with van der Waals surface area (Å²) in [6.07, 6.45) is 0.400. The molecule has 0 aliphatic carbocycles. The topological polar surface area (TPSA) is 87.7 Å². The van der Waals surface area contributed by atoms with Gasteiger partial charge in [-0.1, -0.05) is 13.0 Å². The normalized spacial score (nSPS) is 10.0. The number of carbonyl (C=O) groups excluding carboxylic acids is 3. The molecule has 0 bridgehead atoms. The molecule has 2 rings (SSSR count). The molecule has 0 spiro atoms. The number of carbonyl (C=O) groups is 3. The number of ether oxygens (including phenoxy) is 1. The highest BCUT2D eigenvalue weighted by Gasteiger charge is 2.09. The summed E-state index contributed by atoms with van der Waals surface area (Å²) in [6, 6.07) is 13.5. The Hall–Kier alpha value is -3.35. The van der Waals surface area contributed by atoms with E-state index < -0.39 is 0 Å². The van der Waals surface area contributed by atoms with E-state index in [4.69, 9.17) is 4.74 Å². The Balaban J connectivity index is 1.98. The molecule has 27 heavy (non-hydrogen) atoms. The molecule has 0 fully saturated rings. The van der Waals surface area contributed by atoms with Crippen molar-refractivity contribution in [2.24, 2.45) is 0 Å². The van der Waals surface area contributed by atoms with E-state index in [1.54, 1.807) is 69.6 Å². The van der Waals surface area contributed by atoms with E-state index in [1.807, 2.05) is 0 Å². The predicted octanol–water partition coefficient (Wildman–Crippen LogP) is 2.75. The van der Waals surface area contributed by atoms with Gasteiger partial charge in [0.1, 0.15) is 5.75 Å². The summed E-state index contributed by atoms with van der Waals surface area (Å²) in [6.45, 7) is 1.68. The fourth-order valence-corrected chi connectivity index (χ4v) is 2.09. The molecule has 0 radical (unpaired) electrons. The summed E-state index contributed by atoms with van der Waals surface area (Å²) in [5, 5.41) is 5.52. The SMILES string of the molecule is CCC(=O)Nc1ccc(NC(=O)c2cccc(OCC(=O)N(C)C)c2)cc1. The van der Waals surface area contributed by atoms with Crippen molar-refractivity contribution in [3.63, 3.8) is 0 Å². The van der Waals surface area contributed by atoms with Crippen molar-refractivity contribution in [3.8, 4) is 5.75 Å². The third-order valence-corrected chi connectivity index (χ3v) is 3.70. The van der Waals surface area contributed by atoms with E-state index >= 15 is 0 Å². The van der Waals surface area contributed by atoms with Crippen LogP contribution in [-0.4, -0.2) is 43.3 Å². The molecular weight excluding hydrogens is 346 g/mol. The molecule has 2 aromatic carbocycles. The zero-order valence-electron chi connectivity index (χ0n) is 15.6. The van der Waals surface area contributed by atoms with Crippen molar-refractivity contribution in [1.82, 2.24) is 4.90 Å². The van der Waals surface area contributed by atoms with Gasteiger partial charge in [-0.05, 0) is 42.5 Å². The number of hydrogen-bond acceptors (Lipinski definition) is 4. The number of hydrogen-bond donors (Lipinski definition) is 2. The van der Waals surface area contributed by atoms with E-state index in [1.165, 1.54) is 4.90 Å². The number of anilines is 2. The number of rotatable bonds is 7. The quantitative estimate of drug-likeness (QED) is 0.786. The van der Waals surface area contributed by atoms with Crippen molar-refractivity contribution in [2.45, 2.75) is 13.3 Å². The van der Waals surface area contributed by atoms with E-state index in [2.05, 4.69) is 10.6 Å². The monoisotopic (exact) mass is 369 g/mol. The van der Waals surface area contributed by atoms with Crippen LogP contribution in [0.5, 0.6) is 5.75 Å². The van der Waals surface area contributed by atoms with Crippen LogP contribution in [-0.2, 0) is 9.59 Å². The Bertz CT molecular complexity index is 816. The van der Waals surface area contributed by atoms with Crippen LogP contribution in [0.1, 0.15) is 23.7 Å². The Morgan fingerprint density at radius 3 is 2.19 bits per heavy atom. The first-order chi connectivity index (χ1) is 12.9. The number of amides is 3. The van der Waals surface area contributed by atoms with Crippen molar-refractivity contribution in [3.05, 3.63) is 54.1 Å². The molecule has 0 saturated heterocycles. The smallest absolute Gasteiger partial charge is 0.259 e. The van der Waals surface area contributed by atoms with Gasteiger partial charge < -0.3 is 20.3 Å².